The molecule has 160 valence electrons. The maximum absolute atomic E-state index is 13.7. The van der Waals surface area contributed by atoms with Gasteiger partial charge >= 0.3 is 19.5 Å². The fraction of sp³-hybridized carbons (Fsp3) is 0.500. The number of nitrogens with one attached hydrogen (secondary N) is 1. The Morgan fingerprint density at radius 2 is 1.52 bits per heavy atom. The minimum Gasteiger partial charge on any atom is -0.465 e. The number of carbonyl (C=O) groups is 2. The summed E-state index contributed by atoms with van der Waals surface area (Å²) in [5.74, 6) is -3.03. The highest BCUT2D eigenvalue weighted by Crippen LogP contribution is 2.50. The van der Waals surface area contributed by atoms with Gasteiger partial charge in [0.25, 0.3) is 0 Å². The van der Waals surface area contributed by atoms with Gasteiger partial charge in [-0.3, -0.25) is 14.2 Å². The molecule has 0 spiro atoms. The fourth-order valence-electron chi connectivity index (χ4n) is 3.11. The lowest BCUT2D eigenvalue weighted by Crippen LogP contribution is -2.30. The Morgan fingerprint density at radius 3 is 2.00 bits per heavy atom. The first-order chi connectivity index (χ1) is 13.8. The quantitative estimate of drug-likeness (QED) is 0.352. The second kappa shape index (κ2) is 10.1. The number of benzene rings is 1. The van der Waals surface area contributed by atoms with Crippen LogP contribution in [0.25, 0.3) is 10.9 Å². The van der Waals surface area contributed by atoms with Crippen molar-refractivity contribution >= 4 is 35.7 Å². The van der Waals surface area contributed by atoms with Gasteiger partial charge in [0.2, 0.25) is 0 Å². The molecule has 1 aromatic heterocycles. The Hall–Kier alpha value is -2.15. The molecular formula is C20H28NO7P. The molecule has 1 aromatic carbocycles. The molecule has 8 nitrogen and oxygen atoms in total. The van der Waals surface area contributed by atoms with Crippen molar-refractivity contribution in [3.8, 4) is 0 Å². The minimum absolute atomic E-state index is 0.0813. The van der Waals surface area contributed by atoms with Crippen LogP contribution in [0.3, 0.4) is 0 Å². The van der Waals surface area contributed by atoms with Crippen molar-refractivity contribution in [1.29, 1.82) is 0 Å². The Labute approximate surface area is 170 Å². The molecule has 0 bridgehead atoms. The highest BCUT2D eigenvalue weighted by atomic mass is 31.2. The lowest BCUT2D eigenvalue weighted by atomic mass is 10.1. The van der Waals surface area contributed by atoms with E-state index in [1.807, 2.05) is 19.1 Å². The molecule has 0 saturated carbocycles. The summed E-state index contributed by atoms with van der Waals surface area (Å²) in [4.78, 5) is 28.4. The number of H-pyrrole nitrogens is 1. The Morgan fingerprint density at radius 1 is 0.966 bits per heavy atom. The van der Waals surface area contributed by atoms with E-state index in [9.17, 15) is 14.2 Å². The predicted octanol–water partition coefficient (Wildman–Crippen LogP) is 3.58. The van der Waals surface area contributed by atoms with Gasteiger partial charge in [-0.2, -0.15) is 0 Å². The fourth-order valence-corrected chi connectivity index (χ4v) is 5.08. The lowest BCUT2D eigenvalue weighted by Gasteiger charge is -2.21. The molecule has 1 heterocycles. The van der Waals surface area contributed by atoms with Gasteiger partial charge in [0.1, 0.15) is 0 Å². The SMILES string of the molecule is CCOC(=O)C(C(=O)OCC)c1[nH]c2ccc(C)cc2c1P(=O)(OCC)OCC. The lowest BCUT2D eigenvalue weighted by molar-refractivity contribution is -0.157. The van der Waals surface area contributed by atoms with Crippen LogP contribution in [0.15, 0.2) is 18.2 Å². The number of fused-ring (bicyclic) bond motifs is 1. The summed E-state index contributed by atoms with van der Waals surface area (Å²) >= 11 is 0. The van der Waals surface area contributed by atoms with Crippen molar-refractivity contribution in [2.75, 3.05) is 26.4 Å². The number of hydrogen-bond donors (Lipinski definition) is 1. The maximum Gasteiger partial charge on any atom is 0.363 e. The summed E-state index contributed by atoms with van der Waals surface area (Å²) < 4.78 is 35.0. The molecule has 0 saturated heterocycles. The van der Waals surface area contributed by atoms with Crippen LogP contribution in [-0.2, 0) is 32.7 Å². The van der Waals surface area contributed by atoms with Gasteiger partial charge < -0.3 is 23.5 Å². The van der Waals surface area contributed by atoms with E-state index in [0.29, 0.717) is 10.9 Å². The highest BCUT2D eigenvalue weighted by molar-refractivity contribution is 7.63. The van der Waals surface area contributed by atoms with E-state index in [4.69, 9.17) is 18.5 Å². The van der Waals surface area contributed by atoms with Crippen molar-refractivity contribution < 1.29 is 32.7 Å². The van der Waals surface area contributed by atoms with Crippen LogP contribution in [0.2, 0.25) is 0 Å². The van der Waals surface area contributed by atoms with Crippen LogP contribution in [0.1, 0.15) is 44.9 Å². The maximum atomic E-state index is 13.7. The molecule has 0 fully saturated rings. The smallest absolute Gasteiger partial charge is 0.363 e. The zero-order valence-corrected chi connectivity index (χ0v) is 18.3. The summed E-state index contributed by atoms with van der Waals surface area (Å²) in [5, 5.41) is 0.717. The first-order valence-corrected chi connectivity index (χ1v) is 11.2. The summed E-state index contributed by atoms with van der Waals surface area (Å²) in [7, 11) is -3.84. The molecule has 2 rings (SSSR count). The van der Waals surface area contributed by atoms with Crippen LogP contribution < -0.4 is 5.30 Å². The van der Waals surface area contributed by atoms with E-state index in [1.165, 1.54) is 0 Å². The molecule has 9 heteroatoms. The number of ether oxygens (including phenoxy) is 2. The highest BCUT2D eigenvalue weighted by Gasteiger charge is 2.42. The zero-order valence-electron chi connectivity index (χ0n) is 17.4. The van der Waals surface area contributed by atoms with E-state index < -0.39 is 25.5 Å². The molecule has 0 radical (unpaired) electrons. The number of carbonyl (C=O) groups excluding carboxylic acids is 2. The average molecular weight is 425 g/mol. The largest absolute Gasteiger partial charge is 0.465 e. The monoisotopic (exact) mass is 425 g/mol. The molecule has 1 N–H and O–H groups in total. The number of aromatic amines is 1. The normalized spacial score (nSPS) is 11.8. The average Bonchev–Trinajstić information content (AvgIpc) is 3.01. The van der Waals surface area contributed by atoms with Gasteiger partial charge in [0.05, 0.1) is 37.4 Å². The van der Waals surface area contributed by atoms with Gasteiger partial charge in [-0.05, 0) is 46.8 Å². The molecule has 0 atom stereocenters. The number of aromatic nitrogens is 1. The first-order valence-electron chi connectivity index (χ1n) is 9.68. The third kappa shape index (κ3) is 4.89. The second-order valence-electron chi connectivity index (χ2n) is 6.21. The van der Waals surface area contributed by atoms with E-state index in [2.05, 4.69) is 4.98 Å². The standard InChI is InChI=1S/C20H28NO7P/c1-6-25-19(22)16(20(23)26-7-2)17-18(29(24,27-8-3)28-9-4)14-12-13(5)10-11-15(14)21-17/h10-12,16,21H,6-9H2,1-5H3. The molecule has 0 aliphatic rings. The van der Waals surface area contributed by atoms with Crippen LogP contribution in [0.4, 0.5) is 0 Å². The van der Waals surface area contributed by atoms with Crippen LogP contribution in [0, 0.1) is 6.92 Å². The van der Waals surface area contributed by atoms with E-state index in [0.717, 1.165) is 5.56 Å². The molecular weight excluding hydrogens is 397 g/mol. The van der Waals surface area contributed by atoms with Crippen molar-refractivity contribution in [2.24, 2.45) is 0 Å². The predicted molar refractivity (Wildman–Crippen MR) is 110 cm³/mol. The minimum atomic E-state index is -3.84. The van der Waals surface area contributed by atoms with Gasteiger partial charge in [-0.15, -0.1) is 0 Å². The van der Waals surface area contributed by atoms with E-state index >= 15 is 0 Å². The molecule has 29 heavy (non-hydrogen) atoms. The number of rotatable bonds is 10. The molecule has 0 aliphatic carbocycles. The van der Waals surface area contributed by atoms with Crippen LogP contribution in [-0.4, -0.2) is 43.4 Å². The van der Waals surface area contributed by atoms with Crippen LogP contribution in [0.5, 0.6) is 0 Å². The van der Waals surface area contributed by atoms with Crippen molar-refractivity contribution in [3.63, 3.8) is 0 Å². The Kier molecular flexibility index (Phi) is 8.02. The van der Waals surface area contributed by atoms with Crippen molar-refractivity contribution in [1.82, 2.24) is 4.98 Å². The summed E-state index contributed by atoms with van der Waals surface area (Å²) in [6, 6.07) is 5.46. The third-order valence-corrected chi connectivity index (χ3v) is 6.39. The summed E-state index contributed by atoms with van der Waals surface area (Å²) in [6.45, 7) is 8.96. The van der Waals surface area contributed by atoms with Gasteiger partial charge in [0, 0.05) is 10.9 Å². The molecule has 0 unspecified atom stereocenters. The first kappa shape index (κ1) is 23.1. The summed E-state index contributed by atoms with van der Waals surface area (Å²) in [5.41, 5.74) is 1.61. The van der Waals surface area contributed by atoms with Gasteiger partial charge in [0.15, 0.2) is 5.92 Å². The molecule has 2 aromatic rings. The summed E-state index contributed by atoms with van der Waals surface area (Å²) in [6.07, 6.45) is 0. The van der Waals surface area contributed by atoms with Gasteiger partial charge in [-0.25, -0.2) is 0 Å². The zero-order chi connectivity index (χ0) is 21.6. The van der Waals surface area contributed by atoms with Crippen molar-refractivity contribution in [2.45, 2.75) is 40.5 Å². The second-order valence-corrected chi connectivity index (χ2v) is 8.16. The van der Waals surface area contributed by atoms with E-state index in [1.54, 1.807) is 33.8 Å². The number of esters is 2. The Bertz CT molecular complexity index is 893. The van der Waals surface area contributed by atoms with E-state index in [-0.39, 0.29) is 37.4 Å². The molecule has 0 aliphatic heterocycles. The van der Waals surface area contributed by atoms with Gasteiger partial charge in [-0.1, -0.05) is 11.6 Å². The number of hydrogen-bond acceptors (Lipinski definition) is 7. The third-order valence-electron chi connectivity index (χ3n) is 4.16. The number of aryl methyl sites for hydroxylation is 1. The topological polar surface area (TPSA) is 104 Å². The molecule has 0 amide bonds. The Balaban J connectivity index is 2.83. The van der Waals surface area contributed by atoms with Crippen molar-refractivity contribution in [3.05, 3.63) is 29.5 Å². The van der Waals surface area contributed by atoms with Crippen LogP contribution >= 0.6 is 7.60 Å².